The Kier molecular flexibility index (Phi) is 16.7. The van der Waals surface area contributed by atoms with Crippen molar-refractivity contribution in [3.8, 4) is 39.5 Å². The summed E-state index contributed by atoms with van der Waals surface area (Å²) in [5, 5.41) is 26.6. The van der Waals surface area contributed by atoms with Crippen molar-refractivity contribution in [2.75, 3.05) is 61.1 Å². The molecule has 15 heterocycles. The highest BCUT2D eigenvalue weighted by Crippen LogP contribution is 2.29. The molecule has 12 aromatic rings. The molecule has 12 aromatic heterocycles. The average molecular weight is 1220 g/mol. The lowest BCUT2D eigenvalue weighted by atomic mass is 10.0. The number of rotatable bonds is 16. The van der Waals surface area contributed by atoms with E-state index in [1.807, 2.05) is 81.0 Å². The number of methoxy groups -OCH3 is 1. The highest BCUT2D eigenvalue weighted by Gasteiger charge is 2.26. The number of fused-ring (bicyclic) bond motifs is 3. The Morgan fingerprint density at radius 3 is 1.22 bits per heavy atom. The summed E-state index contributed by atoms with van der Waals surface area (Å²) in [6.45, 7) is 9.84. The van der Waals surface area contributed by atoms with Crippen LogP contribution in [0.1, 0.15) is 97.9 Å². The number of ketones is 3. The normalized spacial score (nSPS) is 13.9. The molecule has 0 unspecified atom stereocenters. The Labute approximate surface area is 523 Å². The van der Waals surface area contributed by atoms with Crippen LogP contribution in [0.5, 0.6) is 5.75 Å². The van der Waals surface area contributed by atoms with E-state index >= 15 is 0 Å². The van der Waals surface area contributed by atoms with Crippen LogP contribution in [0.25, 0.3) is 50.7 Å². The molecule has 15 rings (SSSR count). The molecule has 0 aliphatic carbocycles. The number of hydrogen-bond acceptors (Lipinski definition) is 20. The lowest BCUT2D eigenvalue weighted by Gasteiger charge is -2.10. The first kappa shape index (κ1) is 59.1. The second-order valence-electron chi connectivity index (χ2n) is 23.1. The van der Waals surface area contributed by atoms with Gasteiger partial charge >= 0.3 is 0 Å². The fraction of sp³-hybridized carbons (Fsp3) is 0.323. The van der Waals surface area contributed by atoms with Gasteiger partial charge in [-0.25, -0.2) is 18.5 Å². The van der Waals surface area contributed by atoms with Crippen molar-refractivity contribution >= 4 is 52.1 Å². The Bertz CT molecular complexity index is 4450. The van der Waals surface area contributed by atoms with Crippen LogP contribution in [0.15, 0.2) is 123 Å². The lowest BCUT2D eigenvalue weighted by Crippen LogP contribution is -2.19. The van der Waals surface area contributed by atoms with E-state index in [0.717, 1.165) is 113 Å². The van der Waals surface area contributed by atoms with E-state index in [-0.39, 0.29) is 36.6 Å². The fourth-order valence-electron chi connectivity index (χ4n) is 11.9. The van der Waals surface area contributed by atoms with Gasteiger partial charge in [-0.05, 0) is 129 Å². The standard InChI is InChI=1S/C22H23N7O2.C22H23N7O.C21H22N8O/c1-27-21(17(14-24-27)18-13-16(31-2)5-7-23-18)19(30)11-15-6-10-29-20(12-15)25-22(26-29)28-8-3-4-9-28;1-15-5-7-23-18(11-15)17-14-24-27(2)21(17)19(30)12-16-6-10-29-20(13-16)25-22(26-29)28-8-3-4-9-28;1-14-11-22-13-17(24-14)16-12-23-27(2)20(16)18(30)9-15-5-8-29-19(10-15)25-21(26-29)28-6-3-4-7-28/h5-7,10,12-14H,3-4,8-9,11H2,1-2H3;5-7,10-11,13-14H,3-4,8-9,12H2,1-2H3;5,8,10-13H,3-4,6-7,9H2,1-2H3. The van der Waals surface area contributed by atoms with Crippen molar-refractivity contribution in [2.45, 2.75) is 71.6 Å². The van der Waals surface area contributed by atoms with E-state index in [2.05, 4.69) is 80.2 Å². The third-order valence-electron chi connectivity index (χ3n) is 16.5. The highest BCUT2D eigenvalue weighted by molar-refractivity contribution is 6.03. The molecule has 0 bridgehead atoms. The summed E-state index contributed by atoms with van der Waals surface area (Å²) in [5.74, 6) is 2.87. The predicted octanol–water partition coefficient (Wildman–Crippen LogP) is 7.67. The van der Waals surface area contributed by atoms with Crippen molar-refractivity contribution in [1.82, 2.24) is 93.1 Å². The minimum absolute atomic E-state index is 0.00284. The zero-order chi connectivity index (χ0) is 62.7. The van der Waals surface area contributed by atoms with Gasteiger partial charge in [0, 0.05) is 134 Å². The van der Waals surface area contributed by atoms with Gasteiger partial charge in [-0.15, -0.1) is 15.3 Å². The summed E-state index contributed by atoms with van der Waals surface area (Å²) in [7, 11) is 6.92. The molecular formula is C65H68N22O4. The number of Topliss-reactive ketones (excluding diaryl/α,β-unsaturated/α-hetero) is 3. The smallest absolute Gasteiger partial charge is 0.245 e. The number of aromatic nitrogens is 19. The maximum atomic E-state index is 13.2. The van der Waals surface area contributed by atoms with Crippen LogP contribution in [0.2, 0.25) is 0 Å². The van der Waals surface area contributed by atoms with Crippen LogP contribution in [-0.4, -0.2) is 157 Å². The Morgan fingerprint density at radius 1 is 0.451 bits per heavy atom. The minimum Gasteiger partial charge on any atom is -0.497 e. The molecule has 0 radical (unpaired) electrons. The van der Waals surface area contributed by atoms with Crippen LogP contribution < -0.4 is 19.4 Å². The van der Waals surface area contributed by atoms with Gasteiger partial charge < -0.3 is 19.4 Å². The Balaban J connectivity index is 0.000000125. The van der Waals surface area contributed by atoms with Gasteiger partial charge in [-0.3, -0.25) is 43.4 Å². The molecule has 0 spiro atoms. The quantitative estimate of drug-likeness (QED) is 0.0840. The number of hydrogen-bond donors (Lipinski definition) is 0. The lowest BCUT2D eigenvalue weighted by molar-refractivity contribution is 0.0976. The van der Waals surface area contributed by atoms with Crippen molar-refractivity contribution in [2.24, 2.45) is 21.1 Å². The maximum Gasteiger partial charge on any atom is 0.245 e. The molecule has 91 heavy (non-hydrogen) atoms. The molecule has 0 aromatic carbocycles. The molecule has 26 nitrogen and oxygen atoms in total. The summed E-state index contributed by atoms with van der Waals surface area (Å²) in [6.07, 6.45) is 25.2. The summed E-state index contributed by atoms with van der Waals surface area (Å²) >= 11 is 0. The van der Waals surface area contributed by atoms with Gasteiger partial charge in [-0.1, -0.05) is 0 Å². The molecule has 462 valence electrons. The monoisotopic (exact) mass is 1220 g/mol. The van der Waals surface area contributed by atoms with E-state index < -0.39 is 0 Å². The molecular weight excluding hydrogens is 1150 g/mol. The van der Waals surface area contributed by atoms with Crippen molar-refractivity contribution < 1.29 is 19.1 Å². The van der Waals surface area contributed by atoms with E-state index in [1.54, 1.807) is 111 Å². The largest absolute Gasteiger partial charge is 0.497 e. The fourth-order valence-corrected chi connectivity index (χ4v) is 11.9. The second-order valence-corrected chi connectivity index (χ2v) is 23.1. The third-order valence-corrected chi connectivity index (χ3v) is 16.5. The van der Waals surface area contributed by atoms with E-state index in [4.69, 9.17) is 4.74 Å². The molecule has 0 amide bonds. The van der Waals surface area contributed by atoms with Crippen LogP contribution >= 0.6 is 0 Å². The number of anilines is 3. The predicted molar refractivity (Wildman–Crippen MR) is 341 cm³/mol. The van der Waals surface area contributed by atoms with Crippen molar-refractivity contribution in [1.29, 1.82) is 0 Å². The summed E-state index contributed by atoms with van der Waals surface area (Å²) in [5.41, 5.74) is 12.6. The number of carbonyl (C=O) groups excluding carboxylic acids is 3. The average Bonchev–Trinajstić information content (AvgIpc) is 2.01. The van der Waals surface area contributed by atoms with Crippen LogP contribution in [0.3, 0.4) is 0 Å². The second kappa shape index (κ2) is 25.7. The van der Waals surface area contributed by atoms with Crippen molar-refractivity contribution in [3.05, 3.63) is 168 Å². The first-order valence-electron chi connectivity index (χ1n) is 30.5. The third kappa shape index (κ3) is 12.7. The van der Waals surface area contributed by atoms with Crippen molar-refractivity contribution in [3.63, 3.8) is 0 Å². The van der Waals surface area contributed by atoms with Gasteiger partial charge in [0.05, 0.1) is 60.2 Å². The number of aryl methyl sites for hydroxylation is 5. The molecule has 0 saturated carbocycles. The van der Waals surface area contributed by atoms with Gasteiger partial charge in [0.15, 0.2) is 34.3 Å². The number of carbonyl (C=O) groups is 3. The Morgan fingerprint density at radius 2 is 0.835 bits per heavy atom. The topological polar surface area (TPSA) is 266 Å². The first-order chi connectivity index (χ1) is 44.3. The molecule has 3 saturated heterocycles. The number of nitrogens with zero attached hydrogens (tertiary/aromatic N) is 22. The number of pyridine rings is 5. The molecule has 3 aliphatic rings. The number of ether oxygens (including phenoxy) is 1. The van der Waals surface area contributed by atoms with Gasteiger partial charge in [0.2, 0.25) is 17.8 Å². The first-order valence-corrected chi connectivity index (χ1v) is 30.5. The zero-order valence-electron chi connectivity index (χ0n) is 51.6. The molecule has 0 atom stereocenters. The zero-order valence-corrected chi connectivity index (χ0v) is 51.6. The van der Waals surface area contributed by atoms with Gasteiger partial charge in [0.25, 0.3) is 0 Å². The highest BCUT2D eigenvalue weighted by atomic mass is 16.5. The van der Waals surface area contributed by atoms with E-state index in [0.29, 0.717) is 45.3 Å². The molecule has 3 fully saturated rings. The van der Waals surface area contributed by atoms with Crippen LogP contribution in [0.4, 0.5) is 17.8 Å². The SMILES string of the molecule is COc1ccnc(-c2cnn(C)c2C(=O)Cc2ccn3nc(N4CCCC4)nc3c2)c1.Cc1ccnc(-c2cnn(C)c2C(=O)Cc2ccn3nc(N4CCCC4)nc3c2)c1.Cc1cncc(-c2cnn(C)c2C(=O)Cc2ccn3nc(N4CCCC4)nc3c2)n1. The maximum absolute atomic E-state index is 13.2. The van der Waals surface area contributed by atoms with E-state index in [9.17, 15) is 14.4 Å². The van der Waals surface area contributed by atoms with E-state index in [1.165, 1.54) is 38.5 Å². The summed E-state index contributed by atoms with van der Waals surface area (Å²) < 4.78 is 15.4. The van der Waals surface area contributed by atoms with Gasteiger partial charge in [0.1, 0.15) is 22.8 Å². The minimum atomic E-state index is -0.0387. The molecule has 26 heteroatoms. The summed E-state index contributed by atoms with van der Waals surface area (Å²) in [4.78, 5) is 77.6. The summed E-state index contributed by atoms with van der Waals surface area (Å²) in [6, 6.07) is 19.0. The Hall–Kier alpha value is -10.9. The molecule has 0 N–H and O–H groups in total. The van der Waals surface area contributed by atoms with Crippen LogP contribution in [-0.2, 0) is 40.4 Å². The van der Waals surface area contributed by atoms with Gasteiger partial charge in [-0.2, -0.15) is 30.2 Å². The molecule has 3 aliphatic heterocycles. The van der Waals surface area contributed by atoms with Crippen LogP contribution in [0, 0.1) is 13.8 Å².